The molecular formula is C17H28N4. The van der Waals surface area contributed by atoms with Crippen LogP contribution in [0.25, 0.3) is 11.0 Å². The van der Waals surface area contributed by atoms with E-state index in [1.807, 2.05) is 24.9 Å². The van der Waals surface area contributed by atoms with Crippen LogP contribution < -0.4 is 5.32 Å². The molecule has 116 valence electrons. The van der Waals surface area contributed by atoms with E-state index in [0.29, 0.717) is 17.8 Å². The molecule has 0 aliphatic heterocycles. The third-order valence-corrected chi connectivity index (χ3v) is 4.34. The Morgan fingerprint density at radius 3 is 2.48 bits per heavy atom. The SMILES string of the molecule is Cc1nn(C)c2ncc(CNCC(C(C)C)C(C)C)cc12. The second kappa shape index (κ2) is 6.56. The Balaban J connectivity index is 2.02. The van der Waals surface area contributed by atoms with Crippen LogP contribution in [0.1, 0.15) is 39.0 Å². The Hall–Kier alpha value is -1.42. The van der Waals surface area contributed by atoms with Crippen LogP contribution in [0.4, 0.5) is 0 Å². The molecule has 2 heterocycles. The minimum Gasteiger partial charge on any atom is -0.312 e. The molecule has 2 aromatic heterocycles. The van der Waals surface area contributed by atoms with Crippen molar-refractivity contribution in [1.82, 2.24) is 20.1 Å². The van der Waals surface area contributed by atoms with Crippen molar-refractivity contribution in [1.29, 1.82) is 0 Å². The molecule has 4 heteroatoms. The van der Waals surface area contributed by atoms with E-state index in [9.17, 15) is 0 Å². The molecule has 0 amide bonds. The summed E-state index contributed by atoms with van der Waals surface area (Å²) in [5.41, 5.74) is 3.23. The van der Waals surface area contributed by atoms with E-state index in [2.05, 4.69) is 49.2 Å². The van der Waals surface area contributed by atoms with E-state index < -0.39 is 0 Å². The number of nitrogens with one attached hydrogen (secondary N) is 1. The normalized spacial score (nSPS) is 12.2. The topological polar surface area (TPSA) is 42.7 Å². The summed E-state index contributed by atoms with van der Waals surface area (Å²) in [6.45, 7) is 13.2. The molecule has 1 N–H and O–H groups in total. The molecule has 0 saturated heterocycles. The fourth-order valence-corrected chi connectivity index (χ4v) is 3.07. The molecule has 2 aromatic rings. The van der Waals surface area contributed by atoms with Gasteiger partial charge >= 0.3 is 0 Å². The number of fused-ring (bicyclic) bond motifs is 1. The number of pyridine rings is 1. The van der Waals surface area contributed by atoms with E-state index in [4.69, 9.17) is 0 Å². The average molecular weight is 288 g/mol. The highest BCUT2D eigenvalue weighted by Crippen LogP contribution is 2.20. The Labute approximate surface area is 128 Å². The van der Waals surface area contributed by atoms with Crippen LogP contribution >= 0.6 is 0 Å². The molecule has 0 aliphatic rings. The smallest absolute Gasteiger partial charge is 0.157 e. The largest absolute Gasteiger partial charge is 0.312 e. The molecule has 0 unspecified atom stereocenters. The van der Waals surface area contributed by atoms with E-state index in [1.165, 1.54) is 5.56 Å². The van der Waals surface area contributed by atoms with Crippen LogP contribution in [0.2, 0.25) is 0 Å². The molecule has 0 atom stereocenters. The maximum atomic E-state index is 4.53. The first-order valence-corrected chi connectivity index (χ1v) is 7.89. The van der Waals surface area contributed by atoms with E-state index in [0.717, 1.165) is 29.8 Å². The van der Waals surface area contributed by atoms with Gasteiger partial charge in [0.1, 0.15) is 0 Å². The number of nitrogens with zero attached hydrogens (tertiary/aromatic N) is 3. The first-order chi connectivity index (χ1) is 9.90. The fraction of sp³-hybridized carbons (Fsp3) is 0.647. The van der Waals surface area contributed by atoms with Crippen molar-refractivity contribution < 1.29 is 0 Å². The number of aromatic nitrogens is 3. The van der Waals surface area contributed by atoms with Gasteiger partial charge in [-0.15, -0.1) is 0 Å². The molecule has 0 fully saturated rings. The molecule has 0 spiro atoms. The fourth-order valence-electron chi connectivity index (χ4n) is 3.07. The van der Waals surface area contributed by atoms with Crippen molar-refractivity contribution >= 4 is 11.0 Å². The molecule has 21 heavy (non-hydrogen) atoms. The summed E-state index contributed by atoms with van der Waals surface area (Å²) in [7, 11) is 1.94. The van der Waals surface area contributed by atoms with Crippen LogP contribution in [0.5, 0.6) is 0 Å². The summed E-state index contributed by atoms with van der Waals surface area (Å²) in [6, 6.07) is 2.21. The molecule has 0 aromatic carbocycles. The number of hydrogen-bond acceptors (Lipinski definition) is 3. The minimum absolute atomic E-state index is 0.707. The van der Waals surface area contributed by atoms with Crippen molar-refractivity contribution in [2.75, 3.05) is 6.54 Å². The van der Waals surface area contributed by atoms with Gasteiger partial charge in [-0.1, -0.05) is 27.7 Å². The highest BCUT2D eigenvalue weighted by Gasteiger charge is 2.16. The summed E-state index contributed by atoms with van der Waals surface area (Å²) >= 11 is 0. The van der Waals surface area contributed by atoms with Crippen LogP contribution in [-0.4, -0.2) is 21.3 Å². The van der Waals surface area contributed by atoms with Gasteiger partial charge in [0.05, 0.1) is 5.69 Å². The van der Waals surface area contributed by atoms with Crippen LogP contribution in [0.15, 0.2) is 12.3 Å². The van der Waals surface area contributed by atoms with Crippen molar-refractivity contribution in [3.8, 4) is 0 Å². The van der Waals surface area contributed by atoms with Crippen LogP contribution in [-0.2, 0) is 13.6 Å². The Kier molecular flexibility index (Phi) is 4.99. The van der Waals surface area contributed by atoms with Crippen molar-refractivity contribution in [3.05, 3.63) is 23.5 Å². The third kappa shape index (κ3) is 3.62. The quantitative estimate of drug-likeness (QED) is 0.887. The van der Waals surface area contributed by atoms with Gasteiger partial charge in [-0.3, -0.25) is 4.68 Å². The monoisotopic (exact) mass is 288 g/mol. The number of rotatable bonds is 6. The van der Waals surface area contributed by atoms with E-state index in [1.54, 1.807) is 0 Å². The molecule has 0 saturated carbocycles. The highest BCUT2D eigenvalue weighted by molar-refractivity contribution is 5.78. The van der Waals surface area contributed by atoms with Crippen LogP contribution in [0.3, 0.4) is 0 Å². The first-order valence-electron chi connectivity index (χ1n) is 7.89. The molecule has 0 radical (unpaired) electrons. The lowest BCUT2D eigenvalue weighted by Gasteiger charge is -2.25. The summed E-state index contributed by atoms with van der Waals surface area (Å²) in [5, 5.41) is 9.16. The lowest BCUT2D eigenvalue weighted by molar-refractivity contribution is 0.275. The van der Waals surface area contributed by atoms with Gasteiger partial charge in [0.15, 0.2) is 5.65 Å². The third-order valence-electron chi connectivity index (χ3n) is 4.34. The van der Waals surface area contributed by atoms with Gasteiger partial charge in [0.25, 0.3) is 0 Å². The lowest BCUT2D eigenvalue weighted by Crippen LogP contribution is -2.29. The second-order valence-electron chi connectivity index (χ2n) is 6.71. The van der Waals surface area contributed by atoms with Gasteiger partial charge in [-0.05, 0) is 42.9 Å². The van der Waals surface area contributed by atoms with E-state index in [-0.39, 0.29) is 0 Å². The summed E-state index contributed by atoms with van der Waals surface area (Å²) in [5.74, 6) is 2.12. The summed E-state index contributed by atoms with van der Waals surface area (Å²) in [4.78, 5) is 4.53. The Bertz CT molecular complexity index is 590. The maximum Gasteiger partial charge on any atom is 0.157 e. The molecule has 2 rings (SSSR count). The zero-order valence-corrected chi connectivity index (χ0v) is 14.1. The van der Waals surface area contributed by atoms with Gasteiger partial charge in [0.2, 0.25) is 0 Å². The van der Waals surface area contributed by atoms with Crippen molar-refractivity contribution in [3.63, 3.8) is 0 Å². The van der Waals surface area contributed by atoms with Gasteiger partial charge in [0, 0.05) is 25.2 Å². The Morgan fingerprint density at radius 2 is 1.86 bits per heavy atom. The zero-order chi connectivity index (χ0) is 15.6. The number of hydrogen-bond donors (Lipinski definition) is 1. The Morgan fingerprint density at radius 1 is 1.19 bits per heavy atom. The molecule has 0 aliphatic carbocycles. The minimum atomic E-state index is 0.707. The summed E-state index contributed by atoms with van der Waals surface area (Å²) < 4.78 is 1.84. The van der Waals surface area contributed by atoms with Crippen molar-refractivity contribution in [2.45, 2.75) is 41.2 Å². The second-order valence-corrected chi connectivity index (χ2v) is 6.71. The van der Waals surface area contributed by atoms with Crippen molar-refractivity contribution in [2.24, 2.45) is 24.8 Å². The molecule has 4 nitrogen and oxygen atoms in total. The predicted molar refractivity (Wildman–Crippen MR) is 88.1 cm³/mol. The molecule has 0 bridgehead atoms. The van der Waals surface area contributed by atoms with Gasteiger partial charge in [-0.25, -0.2) is 4.98 Å². The lowest BCUT2D eigenvalue weighted by atomic mass is 9.85. The molecular weight excluding hydrogens is 260 g/mol. The van der Waals surface area contributed by atoms with Gasteiger partial charge in [-0.2, -0.15) is 5.10 Å². The highest BCUT2D eigenvalue weighted by atomic mass is 15.3. The standard InChI is InChI=1S/C17H28N4/c1-11(2)16(12(3)4)10-18-8-14-7-15-13(5)20-21(6)17(15)19-9-14/h7,9,11-12,16,18H,8,10H2,1-6H3. The number of aryl methyl sites for hydroxylation is 2. The first kappa shape index (κ1) is 16.0. The maximum absolute atomic E-state index is 4.53. The van der Waals surface area contributed by atoms with Gasteiger partial charge < -0.3 is 5.32 Å². The van der Waals surface area contributed by atoms with E-state index >= 15 is 0 Å². The summed E-state index contributed by atoms with van der Waals surface area (Å²) in [6.07, 6.45) is 1.95. The predicted octanol–water partition coefficient (Wildman–Crippen LogP) is 3.29. The van der Waals surface area contributed by atoms with Crippen LogP contribution in [0, 0.1) is 24.7 Å². The zero-order valence-electron chi connectivity index (χ0n) is 14.1. The average Bonchev–Trinajstić information content (AvgIpc) is 2.69.